The number of benzene rings is 1. The number of anilines is 1. The SMILES string of the molecule is CC(C)C(C)C1OC1C(C)(O)C1CCC2(O)C3=CC(=O)C45CC(O)C(O)CC4(C)C3CCC12CCc1cc(O)cc(c1)N1CCC2(CCCCC2CSSC5O)C1=O. The monoisotopic (exact) mass is 839 g/mol. The van der Waals surface area contributed by atoms with Gasteiger partial charge in [0.15, 0.2) is 5.78 Å². The minimum absolute atomic E-state index is 0.0742. The van der Waals surface area contributed by atoms with Gasteiger partial charge in [-0.3, -0.25) is 9.59 Å². The van der Waals surface area contributed by atoms with E-state index in [0.717, 1.165) is 31.2 Å². The smallest absolute Gasteiger partial charge is 0.233 e. The molecule has 3 spiro atoms. The first-order valence-electron chi connectivity index (χ1n) is 22.2. The van der Waals surface area contributed by atoms with E-state index >= 15 is 4.79 Å². The van der Waals surface area contributed by atoms with E-state index in [4.69, 9.17) is 4.74 Å². The molecule has 0 radical (unpaired) electrons. The van der Waals surface area contributed by atoms with Crippen LogP contribution in [0.5, 0.6) is 5.75 Å². The average molecular weight is 840 g/mol. The van der Waals surface area contributed by atoms with E-state index in [1.54, 1.807) is 18.2 Å². The average Bonchev–Trinajstić information content (AvgIpc) is 3.84. The number of allylic oxidation sites excluding steroid dienone is 1. The van der Waals surface area contributed by atoms with Crippen molar-refractivity contribution < 1.29 is 45.0 Å². The molecule has 12 heteroatoms. The zero-order valence-electron chi connectivity index (χ0n) is 34.9. The molecule has 15 atom stereocenters. The largest absolute Gasteiger partial charge is 0.508 e. The van der Waals surface area contributed by atoms with Crippen molar-refractivity contribution in [2.75, 3.05) is 17.2 Å². The molecule has 5 aliphatic carbocycles. The second kappa shape index (κ2) is 14.2. The fraction of sp³-hybridized carbons (Fsp3) is 0.783. The van der Waals surface area contributed by atoms with Gasteiger partial charge in [0.25, 0.3) is 0 Å². The number of nitrogens with zero attached hydrogens (tertiary/aromatic N) is 1. The fourth-order valence-corrected chi connectivity index (χ4v) is 17.6. The van der Waals surface area contributed by atoms with Crippen LogP contribution in [-0.4, -0.2) is 95.7 Å². The number of amides is 1. The lowest BCUT2D eigenvalue weighted by molar-refractivity contribution is -0.198. The number of aliphatic hydroxyl groups excluding tert-OH is 3. The summed E-state index contributed by atoms with van der Waals surface area (Å²) in [5, 5.41) is 72.7. The highest BCUT2D eigenvalue weighted by atomic mass is 33.1. The number of ether oxygens (including phenoxy) is 1. The first kappa shape index (κ1) is 41.7. The van der Waals surface area contributed by atoms with Gasteiger partial charge in [0.2, 0.25) is 5.91 Å². The van der Waals surface area contributed by atoms with Gasteiger partial charge < -0.3 is 40.3 Å². The zero-order chi connectivity index (χ0) is 41.4. The Hall–Kier alpha value is -1.64. The van der Waals surface area contributed by atoms with E-state index in [9.17, 15) is 35.4 Å². The number of phenolic OH excluding ortho intramolecular Hbond substituents is 1. The highest BCUT2D eigenvalue weighted by Crippen LogP contribution is 2.73. The molecule has 5 heterocycles. The number of hydrogen-bond acceptors (Lipinski definition) is 11. The maximum Gasteiger partial charge on any atom is 0.233 e. The third-order valence-corrected chi connectivity index (χ3v) is 20.8. The van der Waals surface area contributed by atoms with Crippen molar-refractivity contribution in [2.45, 2.75) is 159 Å². The van der Waals surface area contributed by atoms with E-state index in [2.05, 4.69) is 20.8 Å². The minimum atomic E-state index is -1.49. The molecular weight excluding hydrogens is 775 g/mol. The summed E-state index contributed by atoms with van der Waals surface area (Å²) in [6.45, 7) is 10.9. The summed E-state index contributed by atoms with van der Waals surface area (Å²) in [4.78, 5) is 31.7. The van der Waals surface area contributed by atoms with Crippen LogP contribution in [-0.2, 0) is 20.7 Å². The second-order valence-corrected chi connectivity index (χ2v) is 23.3. The number of fused-ring (bicyclic) bond motifs is 2. The molecule has 10 nitrogen and oxygen atoms in total. The molecular formula is C46H65NO9S2. The number of ketones is 1. The summed E-state index contributed by atoms with van der Waals surface area (Å²) in [6.07, 6.45) is 6.05. The number of aliphatic hydroxyl groups is 5. The zero-order valence-corrected chi connectivity index (χ0v) is 36.5. The predicted octanol–water partition coefficient (Wildman–Crippen LogP) is 6.32. The van der Waals surface area contributed by atoms with E-state index < -0.39 is 56.6 Å². The van der Waals surface area contributed by atoms with E-state index in [0.29, 0.717) is 74.4 Å². The van der Waals surface area contributed by atoms with Crippen LogP contribution in [0.1, 0.15) is 117 Å². The molecule has 6 fully saturated rings. The predicted molar refractivity (Wildman–Crippen MR) is 225 cm³/mol. The van der Waals surface area contributed by atoms with Crippen molar-refractivity contribution in [3.8, 4) is 5.75 Å². The number of carbonyl (C=O) groups excluding carboxylic acids is 2. The number of phenols is 1. The molecule has 15 unspecified atom stereocenters. The molecule has 320 valence electrons. The van der Waals surface area contributed by atoms with Crippen LogP contribution in [0, 0.1) is 51.2 Å². The highest BCUT2D eigenvalue weighted by molar-refractivity contribution is 8.76. The molecule has 1 aromatic carbocycles. The Bertz CT molecular complexity index is 1870. The van der Waals surface area contributed by atoms with E-state index in [1.807, 2.05) is 24.8 Å². The Kier molecular flexibility index (Phi) is 10.2. The minimum Gasteiger partial charge on any atom is -0.508 e. The van der Waals surface area contributed by atoms with Crippen molar-refractivity contribution in [3.63, 3.8) is 0 Å². The van der Waals surface area contributed by atoms with Crippen molar-refractivity contribution >= 4 is 39.0 Å². The number of carbonyl (C=O) groups is 2. The molecule has 6 N–H and O–H groups in total. The van der Waals surface area contributed by atoms with Crippen LogP contribution in [0.15, 0.2) is 29.8 Å². The van der Waals surface area contributed by atoms with Crippen molar-refractivity contribution in [1.82, 2.24) is 0 Å². The van der Waals surface area contributed by atoms with Gasteiger partial charge in [-0.05, 0) is 142 Å². The van der Waals surface area contributed by atoms with E-state index in [1.165, 1.54) is 21.6 Å². The topological polar surface area (TPSA) is 171 Å². The molecule has 11 rings (SSSR count). The summed E-state index contributed by atoms with van der Waals surface area (Å²) >= 11 is 0. The number of rotatable bonds is 4. The molecule has 58 heavy (non-hydrogen) atoms. The van der Waals surface area contributed by atoms with E-state index in [-0.39, 0.29) is 60.1 Å². The molecule has 5 aliphatic heterocycles. The van der Waals surface area contributed by atoms with Gasteiger partial charge in [-0.25, -0.2) is 0 Å². The number of aromatic hydroxyl groups is 1. The fourth-order valence-electron chi connectivity index (χ4n) is 14.5. The summed E-state index contributed by atoms with van der Waals surface area (Å²) in [7, 11) is 2.75. The second-order valence-electron chi connectivity index (χ2n) is 20.8. The molecule has 1 amide bonds. The van der Waals surface area contributed by atoms with Gasteiger partial charge in [-0.1, -0.05) is 62.1 Å². The van der Waals surface area contributed by atoms with Gasteiger partial charge in [0.05, 0.1) is 40.3 Å². The van der Waals surface area contributed by atoms with Crippen LogP contribution in [0.2, 0.25) is 0 Å². The number of aryl methyl sites for hydroxylation is 1. The lowest BCUT2D eigenvalue weighted by Gasteiger charge is -2.65. The lowest BCUT2D eigenvalue weighted by Crippen LogP contribution is -2.68. The number of hydrogen-bond donors (Lipinski definition) is 6. The Balaban J connectivity index is 1.19. The van der Waals surface area contributed by atoms with Gasteiger partial charge in [0, 0.05) is 29.5 Å². The Morgan fingerprint density at radius 2 is 1.71 bits per heavy atom. The Labute approximate surface area is 351 Å². The molecule has 4 saturated carbocycles. The normalized spacial score (nSPS) is 46.7. The summed E-state index contributed by atoms with van der Waals surface area (Å²) in [6, 6.07) is 5.46. The standard InChI is InChI=1S/C46H65NO9S2/c1-25(2)26(3)37-38(56-37)42(5,54)35-11-15-46(55)32-21-36(51)45-23-34(50)33(49)22-41(45,4)31(32)10-14-44(35,46)13-9-27-18-29(20-30(48)19-27)47-17-16-43(39(47)52)12-7-6-8-28(43)24-57-58-40(45)53/h18-21,25-26,28,31,33-35,37-38,40,48-50,53-55H,6-17,22-24H2,1-5H3. The Morgan fingerprint density at radius 3 is 2.47 bits per heavy atom. The van der Waals surface area contributed by atoms with Crippen LogP contribution in [0.3, 0.4) is 0 Å². The van der Waals surface area contributed by atoms with Crippen molar-refractivity contribution in [2.24, 2.45) is 51.2 Å². The van der Waals surface area contributed by atoms with Gasteiger partial charge in [-0.15, -0.1) is 0 Å². The van der Waals surface area contributed by atoms with Crippen LogP contribution < -0.4 is 4.90 Å². The lowest BCUT2D eigenvalue weighted by atomic mass is 9.40. The van der Waals surface area contributed by atoms with Crippen LogP contribution >= 0.6 is 21.6 Å². The third kappa shape index (κ3) is 5.73. The maximum atomic E-state index is 15.1. The third-order valence-electron chi connectivity index (χ3n) is 18.2. The maximum absolute atomic E-state index is 15.1. The summed E-state index contributed by atoms with van der Waals surface area (Å²) < 4.78 is 6.33. The summed E-state index contributed by atoms with van der Waals surface area (Å²) in [5.74, 6) is 0.370. The van der Waals surface area contributed by atoms with Crippen LogP contribution in [0.25, 0.3) is 0 Å². The molecule has 8 bridgehead atoms. The Morgan fingerprint density at radius 1 is 0.948 bits per heavy atom. The molecule has 10 aliphatic rings. The quantitative estimate of drug-likeness (QED) is 0.148. The molecule has 1 aromatic rings. The highest BCUT2D eigenvalue weighted by Gasteiger charge is 2.75. The van der Waals surface area contributed by atoms with Gasteiger partial charge in [-0.2, -0.15) is 0 Å². The van der Waals surface area contributed by atoms with Crippen molar-refractivity contribution in [3.05, 3.63) is 35.4 Å². The first-order chi connectivity index (χ1) is 27.4. The summed E-state index contributed by atoms with van der Waals surface area (Å²) in [5.41, 5.74) is -5.67. The van der Waals surface area contributed by atoms with Crippen LogP contribution in [0.4, 0.5) is 5.69 Å². The van der Waals surface area contributed by atoms with Gasteiger partial charge >= 0.3 is 0 Å². The number of epoxide rings is 1. The van der Waals surface area contributed by atoms with Gasteiger partial charge in [0.1, 0.15) is 17.3 Å². The molecule has 2 saturated heterocycles. The van der Waals surface area contributed by atoms with Crippen molar-refractivity contribution in [1.29, 1.82) is 0 Å². The first-order valence-corrected chi connectivity index (χ1v) is 24.6. The molecule has 0 aromatic heterocycles.